The van der Waals surface area contributed by atoms with Crippen LogP contribution in [0.15, 0.2) is 29.2 Å². The van der Waals surface area contributed by atoms with Gasteiger partial charge in [0.05, 0.1) is 4.90 Å². The van der Waals surface area contributed by atoms with Crippen LogP contribution in [0.4, 0.5) is 0 Å². The number of alkyl halides is 2. The minimum Gasteiger partial charge on any atom is -0.207 e. The molecular weight excluding hydrogens is 430 g/mol. The van der Waals surface area contributed by atoms with Crippen LogP contribution in [0.2, 0.25) is 0 Å². The van der Waals surface area contributed by atoms with Gasteiger partial charge in [-0.15, -0.1) is 0 Å². The number of hydrogen-bond donors (Lipinski definition) is 0. The molecule has 1 heterocycles. The van der Waals surface area contributed by atoms with Gasteiger partial charge in [0.2, 0.25) is 10.0 Å². The Morgan fingerprint density at radius 3 is 2.36 bits per heavy atom. The Balaban J connectivity index is 2.01. The Labute approximate surface area is 149 Å². The third-order valence-electron chi connectivity index (χ3n) is 5.42. The predicted molar refractivity (Wildman–Crippen MR) is 96.2 cm³/mol. The summed E-state index contributed by atoms with van der Waals surface area (Å²) < 4.78 is 27.8. The largest absolute Gasteiger partial charge is 0.243 e. The van der Waals surface area contributed by atoms with Crippen LogP contribution < -0.4 is 0 Å². The quantitative estimate of drug-likeness (QED) is 0.636. The molecule has 3 unspecified atom stereocenters. The highest BCUT2D eigenvalue weighted by atomic mass is 79.9. The summed E-state index contributed by atoms with van der Waals surface area (Å²) in [4.78, 5) is 0.567. The van der Waals surface area contributed by atoms with Gasteiger partial charge in [0.25, 0.3) is 0 Å². The zero-order chi connectivity index (χ0) is 16.3. The van der Waals surface area contributed by atoms with Crippen LogP contribution in [0.25, 0.3) is 0 Å². The van der Waals surface area contributed by atoms with Gasteiger partial charge in [-0.1, -0.05) is 56.5 Å². The Morgan fingerprint density at radius 1 is 1.18 bits per heavy atom. The highest BCUT2D eigenvalue weighted by molar-refractivity contribution is 9.10. The molecule has 1 aromatic rings. The number of fused-ring (bicyclic) bond motifs is 2. The van der Waals surface area contributed by atoms with E-state index in [2.05, 4.69) is 45.7 Å². The number of halogens is 2. The lowest BCUT2D eigenvalue weighted by atomic mass is 9.69. The topological polar surface area (TPSA) is 37.4 Å². The van der Waals surface area contributed by atoms with Crippen LogP contribution in [0.3, 0.4) is 0 Å². The van der Waals surface area contributed by atoms with Crippen molar-refractivity contribution < 1.29 is 8.42 Å². The third-order valence-corrected chi connectivity index (χ3v) is 9.52. The predicted octanol–water partition coefficient (Wildman–Crippen LogP) is 4.09. The molecule has 2 bridgehead atoms. The van der Waals surface area contributed by atoms with Gasteiger partial charge in [-0.25, -0.2) is 8.42 Å². The van der Waals surface area contributed by atoms with Crippen molar-refractivity contribution in [3.63, 3.8) is 0 Å². The summed E-state index contributed by atoms with van der Waals surface area (Å²) in [6.45, 7) is 6.90. The summed E-state index contributed by atoms with van der Waals surface area (Å²) in [5.41, 5.74) is 1.03. The zero-order valence-electron chi connectivity index (χ0n) is 13.0. The maximum atomic E-state index is 13.1. The average molecular weight is 451 g/mol. The summed E-state index contributed by atoms with van der Waals surface area (Å²) in [6, 6.07) is 7.17. The maximum absolute atomic E-state index is 13.1. The van der Waals surface area contributed by atoms with Crippen molar-refractivity contribution in [2.45, 2.75) is 53.7 Å². The molecule has 122 valence electrons. The van der Waals surface area contributed by atoms with Crippen LogP contribution >= 0.6 is 31.9 Å². The van der Waals surface area contributed by atoms with E-state index >= 15 is 0 Å². The molecule has 0 radical (unpaired) electrons. The molecule has 3 rings (SSSR count). The van der Waals surface area contributed by atoms with Crippen molar-refractivity contribution >= 4 is 41.9 Å². The summed E-state index contributed by atoms with van der Waals surface area (Å²) in [6.07, 6.45) is 1.81. The molecule has 6 heteroatoms. The van der Waals surface area contributed by atoms with E-state index in [9.17, 15) is 8.42 Å². The van der Waals surface area contributed by atoms with Gasteiger partial charge in [-0.2, -0.15) is 4.31 Å². The van der Waals surface area contributed by atoms with Gasteiger partial charge in [0.1, 0.15) is 0 Å². The molecule has 0 N–H and O–H groups in total. The number of hydrogen-bond acceptors (Lipinski definition) is 2. The summed E-state index contributed by atoms with van der Waals surface area (Å²) in [7, 11) is -3.45. The van der Waals surface area contributed by atoms with Gasteiger partial charge in [0, 0.05) is 21.7 Å². The molecule has 0 amide bonds. The van der Waals surface area contributed by atoms with Crippen LogP contribution in [0.5, 0.6) is 0 Å². The van der Waals surface area contributed by atoms with Gasteiger partial charge in [-0.05, 0) is 44.2 Å². The van der Waals surface area contributed by atoms with Crippen molar-refractivity contribution in [2.24, 2.45) is 5.41 Å². The SMILES string of the molecule is Cc1ccc(S(=O)(=O)N2CC3(C)CC2[C@H](Br)CC3(C)Br)cc1. The molecule has 2 aliphatic rings. The molecule has 3 nitrogen and oxygen atoms in total. The third kappa shape index (κ3) is 2.50. The van der Waals surface area contributed by atoms with E-state index < -0.39 is 10.0 Å². The van der Waals surface area contributed by atoms with E-state index in [0.29, 0.717) is 11.4 Å². The number of rotatable bonds is 2. The van der Waals surface area contributed by atoms with Gasteiger partial charge < -0.3 is 0 Å². The van der Waals surface area contributed by atoms with E-state index in [1.165, 1.54) is 0 Å². The molecule has 0 spiro atoms. The van der Waals surface area contributed by atoms with E-state index in [0.717, 1.165) is 18.4 Å². The van der Waals surface area contributed by atoms with Crippen molar-refractivity contribution in [2.75, 3.05) is 6.54 Å². The maximum Gasteiger partial charge on any atom is 0.243 e. The highest BCUT2D eigenvalue weighted by Gasteiger charge is 2.60. The Hall–Kier alpha value is 0.0900. The zero-order valence-corrected chi connectivity index (χ0v) is 17.0. The minimum absolute atomic E-state index is 0.0296. The summed E-state index contributed by atoms with van der Waals surface area (Å²) >= 11 is 7.57. The summed E-state index contributed by atoms with van der Waals surface area (Å²) in [5.74, 6) is 0. The standard InChI is InChI=1S/C16H21Br2NO2S/c1-11-4-6-12(7-5-11)22(20,21)19-10-15(2)9-14(19)13(17)8-16(15,3)18/h4-7,13-14H,8-10H2,1-3H3/t13-,14?,15?,16?/m1/s1. The molecule has 4 atom stereocenters. The van der Waals surface area contributed by atoms with E-state index in [4.69, 9.17) is 0 Å². The Kier molecular flexibility index (Phi) is 4.08. The first-order valence-electron chi connectivity index (χ1n) is 7.48. The van der Waals surface area contributed by atoms with Crippen LogP contribution in [-0.2, 0) is 10.0 Å². The number of benzene rings is 1. The second-order valence-corrected chi connectivity index (χ2v) is 11.9. The summed E-state index contributed by atoms with van der Waals surface area (Å²) in [5, 5.41) is 0. The normalized spacial score (nSPS) is 39.1. The fraction of sp³-hybridized carbons (Fsp3) is 0.625. The molecule has 2 fully saturated rings. The second-order valence-electron chi connectivity index (χ2n) is 7.11. The van der Waals surface area contributed by atoms with Crippen molar-refractivity contribution in [1.82, 2.24) is 4.31 Å². The molecule has 1 aliphatic heterocycles. The van der Waals surface area contributed by atoms with Gasteiger partial charge in [-0.3, -0.25) is 0 Å². The molecule has 1 saturated heterocycles. The number of sulfonamides is 1. The average Bonchev–Trinajstić information content (AvgIpc) is 2.76. The van der Waals surface area contributed by atoms with Crippen LogP contribution in [0.1, 0.15) is 32.3 Å². The lowest BCUT2D eigenvalue weighted by Gasteiger charge is -2.44. The molecule has 1 aromatic carbocycles. The monoisotopic (exact) mass is 449 g/mol. The fourth-order valence-corrected chi connectivity index (χ4v) is 7.76. The molecule has 0 aromatic heterocycles. The molecule has 1 aliphatic carbocycles. The molecule has 22 heavy (non-hydrogen) atoms. The first-order chi connectivity index (χ1) is 10.1. The van der Waals surface area contributed by atoms with Crippen LogP contribution in [0, 0.1) is 12.3 Å². The lowest BCUT2D eigenvalue weighted by molar-refractivity contribution is 0.224. The molecule has 1 saturated carbocycles. The Morgan fingerprint density at radius 2 is 1.77 bits per heavy atom. The first-order valence-corrected chi connectivity index (χ1v) is 10.6. The lowest BCUT2D eigenvalue weighted by Crippen LogP contribution is -2.46. The van der Waals surface area contributed by atoms with E-state index in [1.54, 1.807) is 16.4 Å². The first kappa shape index (κ1) is 16.9. The fourth-order valence-electron chi connectivity index (χ4n) is 3.63. The Bertz CT molecular complexity index is 687. The second kappa shape index (κ2) is 5.30. The van der Waals surface area contributed by atoms with Crippen molar-refractivity contribution in [3.8, 4) is 0 Å². The smallest absolute Gasteiger partial charge is 0.207 e. The van der Waals surface area contributed by atoms with Gasteiger partial charge in [0.15, 0.2) is 0 Å². The number of aryl methyl sites for hydroxylation is 1. The van der Waals surface area contributed by atoms with Crippen LogP contribution in [-0.4, -0.2) is 34.5 Å². The van der Waals surface area contributed by atoms with Crippen molar-refractivity contribution in [3.05, 3.63) is 29.8 Å². The highest BCUT2D eigenvalue weighted by Crippen LogP contribution is 2.57. The van der Waals surface area contributed by atoms with E-state index in [1.807, 2.05) is 19.1 Å². The number of nitrogens with zero attached hydrogens (tertiary/aromatic N) is 1. The minimum atomic E-state index is -3.45. The van der Waals surface area contributed by atoms with E-state index in [-0.39, 0.29) is 20.6 Å². The molecular formula is C16H21Br2NO2S. The van der Waals surface area contributed by atoms with Crippen molar-refractivity contribution in [1.29, 1.82) is 0 Å². The van der Waals surface area contributed by atoms with Gasteiger partial charge >= 0.3 is 0 Å².